The molecule has 1 aliphatic heterocycles. The second kappa shape index (κ2) is 10.3. The molecule has 3 amide bonds. The molecule has 7 nitrogen and oxygen atoms in total. The summed E-state index contributed by atoms with van der Waals surface area (Å²) in [4.78, 5) is 38.9. The quantitative estimate of drug-likeness (QED) is 0.653. The number of thioether (sulfide) groups is 1. The third kappa shape index (κ3) is 5.62. The normalized spacial score (nSPS) is 15.3. The van der Waals surface area contributed by atoms with Gasteiger partial charge < -0.3 is 15.5 Å². The molecule has 0 radical (unpaired) electrons. The number of nitrogens with one attached hydrogen (secondary N) is 2. The maximum atomic E-state index is 12.6. The Balaban J connectivity index is 1.50. The molecule has 154 valence electrons. The van der Waals surface area contributed by atoms with E-state index >= 15 is 0 Å². The topological polar surface area (TPSA) is 102 Å². The Kier molecular flexibility index (Phi) is 7.49. The van der Waals surface area contributed by atoms with Crippen LogP contribution in [0.25, 0.3) is 0 Å². The number of benzene rings is 2. The largest absolute Gasteiger partial charge is 0.352 e. The fourth-order valence-electron chi connectivity index (χ4n) is 2.89. The molecule has 1 heterocycles. The molecule has 2 aromatic rings. The van der Waals surface area contributed by atoms with Crippen LogP contribution in [0.15, 0.2) is 53.0 Å². The minimum absolute atomic E-state index is 0.115. The highest BCUT2D eigenvalue weighted by Crippen LogP contribution is 2.23. The van der Waals surface area contributed by atoms with E-state index in [1.54, 1.807) is 48.5 Å². The van der Waals surface area contributed by atoms with Gasteiger partial charge in [-0.05, 0) is 48.5 Å². The standard InChI is InChI=1S/C21H19BrN4O3S/c22-16-5-3-15(4-6-16)20(28)24-10-9-19(27)26-13-30-12-18(26)21(29)25-17-7-1-14(11-23)2-8-17/h1-8,18H,9-10,12-13H2,(H,24,28)(H,25,29). The van der Waals surface area contributed by atoms with E-state index in [1.807, 2.05) is 6.07 Å². The molecule has 0 saturated carbocycles. The first-order chi connectivity index (χ1) is 14.5. The molecule has 3 rings (SSSR count). The van der Waals surface area contributed by atoms with Gasteiger partial charge in [-0.15, -0.1) is 11.8 Å². The zero-order valence-corrected chi connectivity index (χ0v) is 18.3. The number of halogens is 1. The molecule has 0 aromatic heterocycles. The van der Waals surface area contributed by atoms with Crippen molar-refractivity contribution in [1.29, 1.82) is 5.26 Å². The summed E-state index contributed by atoms with van der Waals surface area (Å²) in [5.74, 6) is 0.249. The monoisotopic (exact) mass is 486 g/mol. The summed E-state index contributed by atoms with van der Waals surface area (Å²) < 4.78 is 0.881. The Hall–Kier alpha value is -2.83. The minimum Gasteiger partial charge on any atom is -0.352 e. The number of amides is 3. The molecular formula is C21H19BrN4O3S. The number of nitrogens with zero attached hydrogens (tertiary/aromatic N) is 2. The van der Waals surface area contributed by atoms with Crippen LogP contribution in [0, 0.1) is 11.3 Å². The van der Waals surface area contributed by atoms with Gasteiger partial charge in [0.15, 0.2) is 0 Å². The summed E-state index contributed by atoms with van der Waals surface area (Å²) in [5, 5.41) is 14.4. The first kappa shape index (κ1) is 21.9. The second-order valence-corrected chi connectivity index (χ2v) is 8.49. The van der Waals surface area contributed by atoms with E-state index in [2.05, 4.69) is 26.6 Å². The molecule has 1 saturated heterocycles. The van der Waals surface area contributed by atoms with E-state index in [9.17, 15) is 14.4 Å². The fourth-order valence-corrected chi connectivity index (χ4v) is 4.33. The van der Waals surface area contributed by atoms with Crippen LogP contribution in [0.2, 0.25) is 0 Å². The minimum atomic E-state index is -0.569. The van der Waals surface area contributed by atoms with Gasteiger partial charge in [0.05, 0.1) is 17.5 Å². The van der Waals surface area contributed by atoms with Crippen molar-refractivity contribution in [1.82, 2.24) is 10.2 Å². The van der Waals surface area contributed by atoms with Gasteiger partial charge in [0.25, 0.3) is 5.91 Å². The molecule has 9 heteroatoms. The van der Waals surface area contributed by atoms with Gasteiger partial charge in [-0.25, -0.2) is 0 Å². The SMILES string of the molecule is N#Cc1ccc(NC(=O)C2CSCN2C(=O)CCNC(=O)c2ccc(Br)cc2)cc1. The first-order valence-corrected chi connectivity index (χ1v) is 11.1. The van der Waals surface area contributed by atoms with Crippen molar-refractivity contribution in [3.8, 4) is 6.07 Å². The van der Waals surface area contributed by atoms with Crippen LogP contribution < -0.4 is 10.6 Å². The van der Waals surface area contributed by atoms with E-state index in [-0.39, 0.29) is 30.7 Å². The lowest BCUT2D eigenvalue weighted by atomic mass is 10.2. The summed E-state index contributed by atoms with van der Waals surface area (Å²) in [6, 6.07) is 15.0. The van der Waals surface area contributed by atoms with Gasteiger partial charge >= 0.3 is 0 Å². The van der Waals surface area contributed by atoms with Crippen LogP contribution in [-0.2, 0) is 9.59 Å². The van der Waals surface area contributed by atoms with Gasteiger partial charge in [-0.3, -0.25) is 14.4 Å². The maximum absolute atomic E-state index is 12.6. The number of hydrogen-bond acceptors (Lipinski definition) is 5. The Bertz CT molecular complexity index is 973. The highest BCUT2D eigenvalue weighted by molar-refractivity contribution is 9.10. The average Bonchev–Trinajstić information content (AvgIpc) is 3.25. The molecule has 0 spiro atoms. The van der Waals surface area contributed by atoms with Crippen LogP contribution in [0.4, 0.5) is 5.69 Å². The van der Waals surface area contributed by atoms with Crippen molar-refractivity contribution in [2.24, 2.45) is 0 Å². The molecule has 0 bridgehead atoms. The van der Waals surface area contributed by atoms with Crippen LogP contribution in [-0.4, -0.2) is 46.8 Å². The van der Waals surface area contributed by atoms with Gasteiger partial charge in [-0.2, -0.15) is 5.26 Å². The Labute approximate surface area is 186 Å². The number of carbonyl (C=O) groups is 3. The molecule has 0 aliphatic carbocycles. The fraction of sp³-hybridized carbons (Fsp3) is 0.238. The second-order valence-electron chi connectivity index (χ2n) is 6.57. The summed E-state index contributed by atoms with van der Waals surface area (Å²) >= 11 is 4.83. The van der Waals surface area contributed by atoms with E-state index in [0.29, 0.717) is 28.4 Å². The van der Waals surface area contributed by atoms with Crippen molar-refractivity contribution >= 4 is 51.1 Å². The molecule has 1 aliphatic rings. The molecule has 2 aromatic carbocycles. The van der Waals surface area contributed by atoms with Crippen molar-refractivity contribution in [3.05, 3.63) is 64.1 Å². The Morgan fingerprint density at radius 1 is 1.13 bits per heavy atom. The highest BCUT2D eigenvalue weighted by Gasteiger charge is 2.34. The number of carbonyl (C=O) groups excluding carboxylic acids is 3. The molecular weight excluding hydrogens is 468 g/mol. The number of nitriles is 1. The number of anilines is 1. The summed E-state index contributed by atoms with van der Waals surface area (Å²) in [6.07, 6.45) is 0.115. The van der Waals surface area contributed by atoms with Crippen LogP contribution >= 0.6 is 27.7 Å². The Morgan fingerprint density at radius 3 is 2.50 bits per heavy atom. The van der Waals surface area contributed by atoms with E-state index in [4.69, 9.17) is 5.26 Å². The molecule has 30 heavy (non-hydrogen) atoms. The van der Waals surface area contributed by atoms with Crippen molar-refractivity contribution < 1.29 is 14.4 Å². The summed E-state index contributed by atoms with van der Waals surface area (Å²) in [7, 11) is 0. The summed E-state index contributed by atoms with van der Waals surface area (Å²) in [5.41, 5.74) is 1.60. The van der Waals surface area contributed by atoms with Gasteiger partial charge in [-0.1, -0.05) is 15.9 Å². The predicted molar refractivity (Wildman–Crippen MR) is 119 cm³/mol. The average molecular weight is 487 g/mol. The van der Waals surface area contributed by atoms with E-state index in [1.165, 1.54) is 16.7 Å². The number of rotatable bonds is 6. The maximum Gasteiger partial charge on any atom is 0.251 e. The van der Waals surface area contributed by atoms with Crippen LogP contribution in [0.1, 0.15) is 22.3 Å². The first-order valence-electron chi connectivity index (χ1n) is 9.20. The van der Waals surface area contributed by atoms with Crippen molar-refractivity contribution in [3.63, 3.8) is 0 Å². The smallest absolute Gasteiger partial charge is 0.251 e. The van der Waals surface area contributed by atoms with Crippen LogP contribution in [0.3, 0.4) is 0 Å². The Morgan fingerprint density at radius 2 is 1.83 bits per heavy atom. The third-order valence-electron chi connectivity index (χ3n) is 4.52. The molecule has 2 N–H and O–H groups in total. The van der Waals surface area contributed by atoms with Gasteiger partial charge in [0.1, 0.15) is 6.04 Å². The third-order valence-corrected chi connectivity index (χ3v) is 6.06. The zero-order chi connectivity index (χ0) is 21.5. The predicted octanol–water partition coefficient (Wildman–Crippen LogP) is 2.98. The zero-order valence-electron chi connectivity index (χ0n) is 15.9. The van der Waals surface area contributed by atoms with Gasteiger partial charge in [0, 0.05) is 34.4 Å². The van der Waals surface area contributed by atoms with Gasteiger partial charge in [0.2, 0.25) is 11.8 Å². The lowest BCUT2D eigenvalue weighted by Gasteiger charge is -2.23. The highest BCUT2D eigenvalue weighted by atomic mass is 79.9. The molecule has 1 unspecified atom stereocenters. The van der Waals surface area contributed by atoms with E-state index in [0.717, 1.165) is 4.47 Å². The lowest BCUT2D eigenvalue weighted by Crippen LogP contribution is -2.45. The van der Waals surface area contributed by atoms with E-state index < -0.39 is 6.04 Å². The lowest BCUT2D eigenvalue weighted by molar-refractivity contribution is -0.136. The van der Waals surface area contributed by atoms with Crippen LogP contribution in [0.5, 0.6) is 0 Å². The molecule has 1 fully saturated rings. The van der Waals surface area contributed by atoms with Crippen molar-refractivity contribution in [2.45, 2.75) is 12.5 Å². The number of hydrogen-bond donors (Lipinski definition) is 2. The molecule has 1 atom stereocenters. The summed E-state index contributed by atoms with van der Waals surface area (Å²) in [6.45, 7) is 0.193. The van der Waals surface area contributed by atoms with Crippen molar-refractivity contribution in [2.75, 3.05) is 23.5 Å².